The fraction of sp³-hybridized carbons (Fsp3) is 1.00. The highest BCUT2D eigenvalue weighted by Gasteiger charge is 2.56. The number of hydrogen-bond donors (Lipinski definition) is 1. The molecule has 0 aromatic carbocycles. The zero-order chi connectivity index (χ0) is 22.3. The maximum Gasteiger partial charge on any atom is 0.235 e. The Kier molecular flexibility index (Phi) is 15.4. The van der Waals surface area contributed by atoms with E-state index in [9.17, 15) is 0 Å². The van der Waals surface area contributed by atoms with Crippen LogP contribution in [0.15, 0.2) is 0 Å². The molecule has 0 saturated carbocycles. The van der Waals surface area contributed by atoms with Gasteiger partial charge in [-0.1, -0.05) is 106 Å². The van der Waals surface area contributed by atoms with Crippen molar-refractivity contribution in [3.05, 3.63) is 0 Å². The van der Waals surface area contributed by atoms with Gasteiger partial charge >= 0.3 is 0 Å². The predicted octanol–water partition coefficient (Wildman–Crippen LogP) is 7.41. The van der Waals surface area contributed by atoms with Gasteiger partial charge in [0.1, 0.15) is 0 Å². The minimum Gasteiger partial charge on any atom is -0.336 e. The molecule has 1 heterocycles. The zero-order valence-corrected chi connectivity index (χ0v) is 24.6. The molecule has 30 heavy (non-hydrogen) atoms. The lowest BCUT2D eigenvalue weighted by Gasteiger charge is -2.61. The summed E-state index contributed by atoms with van der Waals surface area (Å²) in [5, 5.41) is 0. The zero-order valence-electron chi connectivity index (χ0n) is 21.6. The van der Waals surface area contributed by atoms with Crippen LogP contribution < -0.4 is 4.65 Å². The average molecular weight is 470 g/mol. The van der Waals surface area contributed by atoms with Crippen LogP contribution in [0.4, 0.5) is 0 Å². The lowest BCUT2D eigenvalue weighted by atomic mass is 10.3. The largest absolute Gasteiger partial charge is 0.336 e. The highest BCUT2D eigenvalue weighted by molar-refractivity contribution is 6.98. The fourth-order valence-electron chi connectivity index (χ4n) is 5.25. The first-order valence-electron chi connectivity index (χ1n) is 13.7. The van der Waals surface area contributed by atoms with Crippen molar-refractivity contribution in [2.24, 2.45) is 0 Å². The Bertz CT molecular complexity index is 407. The van der Waals surface area contributed by atoms with E-state index in [0.29, 0.717) is 0 Å². The van der Waals surface area contributed by atoms with Crippen LogP contribution in [0.1, 0.15) is 119 Å². The van der Waals surface area contributed by atoms with Gasteiger partial charge in [-0.3, -0.25) is 0 Å². The summed E-state index contributed by atoms with van der Waals surface area (Å²) in [4.78, 5) is 0. The molecule has 0 amide bonds. The van der Waals surface area contributed by atoms with E-state index in [1.54, 1.807) is 0 Å². The van der Waals surface area contributed by atoms with Crippen molar-refractivity contribution < 1.29 is 0 Å². The SMILES string of the molecule is CCCCN1[Si]N[Si](CCCC)(CCCC)N(CCCC)[Si]1(CCCC)CCCC. The van der Waals surface area contributed by atoms with Gasteiger partial charge < -0.3 is 13.1 Å². The Morgan fingerprint density at radius 1 is 0.567 bits per heavy atom. The van der Waals surface area contributed by atoms with Gasteiger partial charge in [0.25, 0.3) is 0 Å². The monoisotopic (exact) mass is 469 g/mol. The third-order valence-corrected chi connectivity index (χ3v) is 22.5. The summed E-state index contributed by atoms with van der Waals surface area (Å²) in [5.74, 6) is 0. The minimum atomic E-state index is -1.62. The average Bonchev–Trinajstić information content (AvgIpc) is 2.77. The van der Waals surface area contributed by atoms with Crippen molar-refractivity contribution in [1.82, 2.24) is 13.1 Å². The maximum absolute atomic E-state index is 4.38. The van der Waals surface area contributed by atoms with Crippen molar-refractivity contribution in [2.75, 3.05) is 13.1 Å². The molecular formula is C24H55N3Si3. The molecule has 1 fully saturated rings. The second kappa shape index (κ2) is 16.2. The summed E-state index contributed by atoms with van der Waals surface area (Å²) >= 11 is 0. The first-order valence-corrected chi connectivity index (χ1v) is 19.3. The molecule has 1 rings (SSSR count). The Morgan fingerprint density at radius 3 is 1.47 bits per heavy atom. The van der Waals surface area contributed by atoms with Crippen LogP contribution in [0.3, 0.4) is 0 Å². The number of hydrogen-bond acceptors (Lipinski definition) is 3. The molecule has 1 aliphatic rings. The topological polar surface area (TPSA) is 18.5 Å². The van der Waals surface area contributed by atoms with Gasteiger partial charge in [-0.15, -0.1) is 0 Å². The minimum absolute atomic E-state index is 0.907. The van der Waals surface area contributed by atoms with Crippen LogP contribution in [0.5, 0.6) is 0 Å². The van der Waals surface area contributed by atoms with Crippen LogP contribution >= 0.6 is 0 Å². The molecule has 0 aromatic heterocycles. The van der Waals surface area contributed by atoms with Crippen molar-refractivity contribution in [1.29, 1.82) is 0 Å². The van der Waals surface area contributed by atoms with E-state index in [2.05, 4.69) is 54.7 Å². The normalized spacial score (nSPS) is 19.4. The smallest absolute Gasteiger partial charge is 0.235 e. The van der Waals surface area contributed by atoms with Gasteiger partial charge in [0.2, 0.25) is 9.84 Å². The van der Waals surface area contributed by atoms with E-state index >= 15 is 0 Å². The van der Waals surface area contributed by atoms with Crippen molar-refractivity contribution in [3.8, 4) is 0 Å². The molecule has 178 valence electrons. The molecule has 0 aromatic rings. The number of rotatable bonds is 18. The molecule has 0 unspecified atom stereocenters. The van der Waals surface area contributed by atoms with Gasteiger partial charge in [0, 0.05) is 0 Å². The molecule has 1 N–H and O–H groups in total. The number of nitrogens with one attached hydrogen (secondary N) is 1. The summed E-state index contributed by atoms with van der Waals surface area (Å²) in [6.07, 6.45) is 16.6. The molecule has 0 spiro atoms. The molecule has 6 heteroatoms. The molecular weight excluding hydrogens is 415 g/mol. The maximum atomic E-state index is 4.38. The number of nitrogens with zero attached hydrogens (tertiary/aromatic N) is 2. The predicted molar refractivity (Wildman–Crippen MR) is 142 cm³/mol. The van der Waals surface area contributed by atoms with Crippen LogP contribution in [0, 0.1) is 0 Å². The Morgan fingerprint density at radius 2 is 1.00 bits per heavy atom. The van der Waals surface area contributed by atoms with Gasteiger partial charge in [0.05, 0.1) is 0 Å². The van der Waals surface area contributed by atoms with E-state index in [1.165, 1.54) is 114 Å². The molecule has 3 nitrogen and oxygen atoms in total. The van der Waals surface area contributed by atoms with Gasteiger partial charge in [-0.25, -0.2) is 0 Å². The van der Waals surface area contributed by atoms with Gasteiger partial charge in [0.15, 0.2) is 16.8 Å². The molecule has 0 atom stereocenters. The fourth-order valence-corrected chi connectivity index (χ4v) is 24.4. The van der Waals surface area contributed by atoms with E-state index in [4.69, 9.17) is 0 Å². The summed E-state index contributed by atoms with van der Waals surface area (Å²) < 4.78 is 10.8. The van der Waals surface area contributed by atoms with Crippen LogP contribution in [0.2, 0.25) is 24.2 Å². The van der Waals surface area contributed by atoms with Crippen molar-refractivity contribution in [3.63, 3.8) is 0 Å². The Hall–Kier alpha value is 0.531. The second-order valence-corrected chi connectivity index (χ2v) is 20.0. The van der Waals surface area contributed by atoms with Crippen LogP contribution in [-0.4, -0.2) is 48.2 Å². The Balaban J connectivity index is 3.44. The molecule has 0 aliphatic carbocycles. The summed E-state index contributed by atoms with van der Waals surface area (Å²) in [6.45, 7) is 17.1. The highest BCUT2D eigenvalue weighted by Crippen LogP contribution is 2.39. The van der Waals surface area contributed by atoms with Crippen molar-refractivity contribution >= 4 is 26.6 Å². The van der Waals surface area contributed by atoms with Gasteiger partial charge in [-0.05, 0) is 50.1 Å². The molecule has 1 saturated heterocycles. The van der Waals surface area contributed by atoms with E-state index in [-0.39, 0.29) is 0 Å². The van der Waals surface area contributed by atoms with E-state index in [0.717, 1.165) is 9.84 Å². The first kappa shape index (κ1) is 28.6. The Labute approximate surface area is 195 Å². The summed E-state index contributed by atoms with van der Waals surface area (Å²) in [6, 6.07) is 6.04. The van der Waals surface area contributed by atoms with E-state index in [1.807, 2.05) is 0 Å². The highest BCUT2D eigenvalue weighted by atomic mass is 28.5. The summed E-state index contributed by atoms with van der Waals surface area (Å²) in [7, 11) is -2.30. The standard InChI is InChI=1S/C24H55N3Si3/c1-7-13-19-26-28-25-29(21-15-9-3,22-16-10-4)27(20-14-8-2)30(26,23-17-11-5)24-18-12-6/h25H,7-24H2,1-6H3. The van der Waals surface area contributed by atoms with Crippen LogP contribution in [-0.2, 0) is 0 Å². The second-order valence-electron chi connectivity index (χ2n) is 9.68. The van der Waals surface area contributed by atoms with Gasteiger partial charge in [-0.2, -0.15) is 0 Å². The third-order valence-electron chi connectivity index (χ3n) is 7.16. The third kappa shape index (κ3) is 7.84. The summed E-state index contributed by atoms with van der Waals surface area (Å²) in [5.41, 5.74) is 0. The lowest BCUT2D eigenvalue weighted by Crippen LogP contribution is -2.85. The van der Waals surface area contributed by atoms with E-state index < -0.39 is 16.8 Å². The first-order chi connectivity index (χ1) is 14.6. The van der Waals surface area contributed by atoms with Crippen molar-refractivity contribution in [2.45, 2.75) is 143 Å². The molecule has 2 radical (unpaired) electrons. The molecule has 0 bridgehead atoms. The lowest BCUT2D eigenvalue weighted by molar-refractivity contribution is 0.436. The van der Waals surface area contributed by atoms with Crippen LogP contribution in [0.25, 0.3) is 0 Å². The number of unbranched alkanes of at least 4 members (excludes halogenated alkanes) is 6. The quantitative estimate of drug-likeness (QED) is 0.211. The molecule has 1 aliphatic heterocycles.